The zero-order valence-electron chi connectivity index (χ0n) is 21.4. The van der Waals surface area contributed by atoms with E-state index in [-0.39, 0.29) is 23.8 Å². The second-order valence-electron chi connectivity index (χ2n) is 10.3. The molecule has 5 rings (SSSR count). The van der Waals surface area contributed by atoms with Crippen molar-refractivity contribution in [1.29, 1.82) is 0 Å². The highest BCUT2D eigenvalue weighted by Gasteiger charge is 2.35. The monoisotopic (exact) mass is 492 g/mol. The minimum absolute atomic E-state index is 0.0780. The van der Waals surface area contributed by atoms with Gasteiger partial charge in [0.2, 0.25) is 11.9 Å². The van der Waals surface area contributed by atoms with Crippen LogP contribution in [-0.2, 0) is 4.79 Å². The summed E-state index contributed by atoms with van der Waals surface area (Å²) in [4.78, 5) is 39.0. The Morgan fingerprint density at radius 3 is 2.56 bits per heavy atom. The summed E-state index contributed by atoms with van der Waals surface area (Å²) in [5, 5.41) is 6.39. The van der Waals surface area contributed by atoms with E-state index in [4.69, 9.17) is 9.72 Å². The molecule has 2 aromatic rings. The van der Waals surface area contributed by atoms with Crippen molar-refractivity contribution in [2.45, 2.75) is 70.4 Å². The molecule has 1 atom stereocenters. The Bertz CT molecular complexity index is 1130. The molecule has 2 aliphatic carbocycles. The Hall–Kier alpha value is -3.36. The van der Waals surface area contributed by atoms with Gasteiger partial charge in [0.1, 0.15) is 11.4 Å². The number of hydrogen-bond donors (Lipinski definition) is 2. The van der Waals surface area contributed by atoms with Gasteiger partial charge in [-0.1, -0.05) is 32.6 Å². The maximum atomic E-state index is 12.9. The molecule has 2 amide bonds. The number of ether oxygens (including phenoxy) is 1. The van der Waals surface area contributed by atoms with E-state index in [1.54, 1.807) is 37.4 Å². The Morgan fingerprint density at radius 1 is 1.11 bits per heavy atom. The van der Waals surface area contributed by atoms with Crippen molar-refractivity contribution in [1.82, 2.24) is 15.3 Å². The lowest BCUT2D eigenvalue weighted by Crippen LogP contribution is -2.38. The van der Waals surface area contributed by atoms with Crippen LogP contribution in [0.25, 0.3) is 0 Å². The van der Waals surface area contributed by atoms with E-state index in [1.807, 2.05) is 13.0 Å². The highest BCUT2D eigenvalue weighted by molar-refractivity contribution is 5.99. The van der Waals surface area contributed by atoms with Gasteiger partial charge in [-0.15, -0.1) is 0 Å². The van der Waals surface area contributed by atoms with Crippen LogP contribution in [0.2, 0.25) is 0 Å². The predicted octanol–water partition coefficient (Wildman–Crippen LogP) is 4.26. The van der Waals surface area contributed by atoms with Crippen molar-refractivity contribution in [3.8, 4) is 5.75 Å². The fourth-order valence-corrected chi connectivity index (χ4v) is 5.72. The minimum atomic E-state index is -0.121. The van der Waals surface area contributed by atoms with Gasteiger partial charge in [0, 0.05) is 31.2 Å². The third-order valence-corrected chi connectivity index (χ3v) is 7.77. The van der Waals surface area contributed by atoms with Gasteiger partial charge in [-0.25, -0.2) is 4.98 Å². The minimum Gasteiger partial charge on any atom is -0.495 e. The summed E-state index contributed by atoms with van der Waals surface area (Å²) >= 11 is 0. The molecule has 2 fully saturated rings. The number of carbonyl (C=O) groups is 2. The number of anilines is 4. The molecule has 0 unspecified atom stereocenters. The van der Waals surface area contributed by atoms with Crippen LogP contribution in [0.4, 0.5) is 23.1 Å². The highest BCUT2D eigenvalue weighted by atomic mass is 16.5. The average Bonchev–Trinajstić information content (AvgIpc) is 3.60. The fourth-order valence-electron chi connectivity index (χ4n) is 5.72. The number of rotatable bonds is 6. The second kappa shape index (κ2) is 10.3. The third kappa shape index (κ3) is 4.83. The zero-order chi connectivity index (χ0) is 25.2. The number of fused-ring (bicyclic) bond motifs is 1. The topological polar surface area (TPSA) is 99.7 Å². The number of nitrogens with zero attached hydrogens (tertiary/aromatic N) is 4. The molecule has 1 aliphatic heterocycles. The van der Waals surface area contributed by atoms with Gasteiger partial charge in [0.25, 0.3) is 5.91 Å². The summed E-state index contributed by atoms with van der Waals surface area (Å²) in [6.45, 7) is 2.62. The number of methoxy groups -OCH3 is 1. The van der Waals surface area contributed by atoms with Crippen LogP contribution in [0, 0.1) is 5.92 Å². The van der Waals surface area contributed by atoms with Crippen LogP contribution in [0.1, 0.15) is 68.6 Å². The lowest BCUT2D eigenvalue weighted by atomic mass is 10.1. The summed E-state index contributed by atoms with van der Waals surface area (Å²) < 4.78 is 5.60. The molecule has 2 heterocycles. The van der Waals surface area contributed by atoms with E-state index in [1.165, 1.54) is 25.7 Å². The van der Waals surface area contributed by atoms with E-state index >= 15 is 0 Å². The Morgan fingerprint density at radius 2 is 1.83 bits per heavy atom. The molecular weight excluding hydrogens is 456 g/mol. The first kappa shape index (κ1) is 24.3. The highest BCUT2D eigenvalue weighted by Crippen LogP contribution is 2.38. The smallest absolute Gasteiger partial charge is 0.251 e. The quantitative estimate of drug-likeness (QED) is 0.621. The molecule has 1 aromatic carbocycles. The molecule has 2 N–H and O–H groups in total. The summed E-state index contributed by atoms with van der Waals surface area (Å²) in [6.07, 6.45) is 10.7. The molecule has 9 heteroatoms. The van der Waals surface area contributed by atoms with Crippen LogP contribution in [0.15, 0.2) is 24.4 Å². The molecule has 0 bridgehead atoms. The van der Waals surface area contributed by atoms with Crippen molar-refractivity contribution in [2.75, 3.05) is 35.8 Å². The van der Waals surface area contributed by atoms with Gasteiger partial charge >= 0.3 is 0 Å². The number of nitrogens with one attached hydrogen (secondary N) is 2. The van der Waals surface area contributed by atoms with Crippen molar-refractivity contribution in [2.24, 2.45) is 5.92 Å². The van der Waals surface area contributed by atoms with Crippen molar-refractivity contribution in [3.05, 3.63) is 30.0 Å². The molecule has 36 heavy (non-hydrogen) atoms. The van der Waals surface area contributed by atoms with Gasteiger partial charge in [0.15, 0.2) is 5.82 Å². The number of aromatic nitrogens is 2. The van der Waals surface area contributed by atoms with E-state index < -0.39 is 0 Å². The van der Waals surface area contributed by atoms with Crippen molar-refractivity contribution in [3.63, 3.8) is 0 Å². The van der Waals surface area contributed by atoms with Gasteiger partial charge in [-0.05, 0) is 43.9 Å². The molecular formula is C27H36N6O3. The standard InChI is InChI=1S/C27H36N6O3/c1-17-16-33(20-10-6-7-11-20)24-22(32(2)26(17)35)15-28-27(31-24)30-21-13-12-18(14-23(21)36-3)25(34)29-19-8-4-5-9-19/h12-15,17,19-20H,4-11,16H2,1-3H3,(H,29,34)(H,28,30,31)/t17-/m0/s1. The largest absolute Gasteiger partial charge is 0.495 e. The number of benzene rings is 1. The normalized spacial score (nSPS) is 20.9. The zero-order valence-corrected chi connectivity index (χ0v) is 21.4. The average molecular weight is 493 g/mol. The SMILES string of the molecule is COc1cc(C(=O)NC2CCCC2)ccc1Nc1ncc2c(n1)N(C1CCCC1)C[C@H](C)C(=O)N2C. The van der Waals surface area contributed by atoms with Crippen molar-refractivity contribution >= 4 is 35.0 Å². The molecule has 9 nitrogen and oxygen atoms in total. The maximum Gasteiger partial charge on any atom is 0.251 e. The molecule has 3 aliphatic rings. The van der Waals surface area contributed by atoms with E-state index in [0.29, 0.717) is 35.5 Å². The number of amides is 2. The molecule has 0 spiro atoms. The lowest BCUT2D eigenvalue weighted by molar-refractivity contribution is -0.121. The van der Waals surface area contributed by atoms with Crippen LogP contribution < -0.4 is 25.2 Å². The summed E-state index contributed by atoms with van der Waals surface area (Å²) in [5.74, 6) is 1.63. The molecule has 1 aromatic heterocycles. The van der Waals surface area contributed by atoms with Crippen molar-refractivity contribution < 1.29 is 14.3 Å². The van der Waals surface area contributed by atoms with Crippen LogP contribution in [0.5, 0.6) is 5.75 Å². The Balaban J connectivity index is 1.41. The van der Waals surface area contributed by atoms with Gasteiger partial charge < -0.3 is 25.2 Å². The molecule has 192 valence electrons. The Kier molecular flexibility index (Phi) is 6.98. The van der Waals surface area contributed by atoms with E-state index in [9.17, 15) is 9.59 Å². The summed E-state index contributed by atoms with van der Waals surface area (Å²) in [5.41, 5.74) is 1.97. The molecule has 0 radical (unpaired) electrons. The number of hydrogen-bond acceptors (Lipinski definition) is 7. The molecule has 0 saturated heterocycles. The maximum absolute atomic E-state index is 12.9. The first-order chi connectivity index (χ1) is 17.4. The van der Waals surface area contributed by atoms with Crippen LogP contribution in [-0.4, -0.2) is 54.6 Å². The van der Waals surface area contributed by atoms with E-state index in [2.05, 4.69) is 20.5 Å². The first-order valence-electron chi connectivity index (χ1n) is 13.1. The van der Waals surface area contributed by atoms with Gasteiger partial charge in [-0.3, -0.25) is 9.59 Å². The van der Waals surface area contributed by atoms with Gasteiger partial charge in [0.05, 0.1) is 24.9 Å². The third-order valence-electron chi connectivity index (χ3n) is 7.77. The molecule has 2 saturated carbocycles. The Labute approximate surface area is 212 Å². The van der Waals surface area contributed by atoms with Crippen LogP contribution in [0.3, 0.4) is 0 Å². The van der Waals surface area contributed by atoms with Gasteiger partial charge in [-0.2, -0.15) is 4.98 Å². The lowest BCUT2D eigenvalue weighted by Gasteiger charge is -2.31. The van der Waals surface area contributed by atoms with E-state index in [0.717, 1.165) is 37.2 Å². The number of carbonyl (C=O) groups excluding carboxylic acids is 2. The predicted molar refractivity (Wildman–Crippen MR) is 140 cm³/mol. The second-order valence-corrected chi connectivity index (χ2v) is 10.3. The summed E-state index contributed by atoms with van der Waals surface area (Å²) in [7, 11) is 3.38. The summed E-state index contributed by atoms with van der Waals surface area (Å²) in [6, 6.07) is 5.99. The first-order valence-corrected chi connectivity index (χ1v) is 13.1. The van der Waals surface area contributed by atoms with Crippen LogP contribution >= 0.6 is 0 Å². The fraction of sp³-hybridized carbons (Fsp3) is 0.556.